The van der Waals surface area contributed by atoms with Crippen LogP contribution in [0.5, 0.6) is 0 Å². The Labute approximate surface area is 160 Å². The second-order valence-electron chi connectivity index (χ2n) is 6.39. The number of nitrogens with one attached hydrogen (secondary N) is 1. The number of benzene rings is 2. The van der Waals surface area contributed by atoms with Gasteiger partial charge in [0, 0.05) is 0 Å². The highest BCUT2D eigenvalue weighted by molar-refractivity contribution is 6.44. The Hall–Kier alpha value is -3.55. The van der Waals surface area contributed by atoms with Crippen LogP contribution in [-0.2, 0) is 20.9 Å². The molecule has 28 heavy (non-hydrogen) atoms. The summed E-state index contributed by atoms with van der Waals surface area (Å²) < 4.78 is 13.0. The lowest BCUT2D eigenvalue weighted by molar-refractivity contribution is -0.144. The lowest BCUT2D eigenvalue weighted by Gasteiger charge is -2.18. The maximum Gasteiger partial charge on any atom is 0.335 e. The van der Waals surface area contributed by atoms with E-state index in [1.54, 1.807) is 37.3 Å². The molecule has 0 unspecified atom stereocenters. The third-order valence-corrected chi connectivity index (χ3v) is 4.37. The van der Waals surface area contributed by atoms with Gasteiger partial charge in [-0.05, 0) is 30.2 Å². The van der Waals surface area contributed by atoms with Crippen LogP contribution in [0, 0.1) is 5.82 Å². The number of hydrogen-bond acceptors (Lipinski definition) is 4. The summed E-state index contributed by atoms with van der Waals surface area (Å²) in [5.41, 5.74) is 1.35. The van der Waals surface area contributed by atoms with E-state index >= 15 is 0 Å². The molecule has 2 aromatic rings. The lowest BCUT2D eigenvalue weighted by Crippen LogP contribution is -2.42. The van der Waals surface area contributed by atoms with Crippen molar-refractivity contribution in [1.29, 1.82) is 0 Å². The van der Waals surface area contributed by atoms with Gasteiger partial charge < -0.3 is 5.32 Å². The Balaban J connectivity index is 1.63. The fraction of sp³-hybridized carbons (Fsp3) is 0.200. The molecule has 1 heterocycles. The molecule has 1 saturated heterocycles. The number of amides is 5. The Morgan fingerprint density at radius 1 is 0.964 bits per heavy atom. The van der Waals surface area contributed by atoms with Crippen molar-refractivity contribution >= 4 is 23.8 Å². The van der Waals surface area contributed by atoms with Gasteiger partial charge in [0.05, 0.1) is 12.6 Å². The molecule has 1 fully saturated rings. The number of nitrogens with zero attached hydrogens (tertiary/aromatic N) is 2. The van der Waals surface area contributed by atoms with Crippen molar-refractivity contribution in [1.82, 2.24) is 15.1 Å². The van der Waals surface area contributed by atoms with Gasteiger partial charge in [-0.15, -0.1) is 0 Å². The quantitative estimate of drug-likeness (QED) is 0.611. The van der Waals surface area contributed by atoms with Crippen LogP contribution in [0.4, 0.5) is 9.18 Å². The van der Waals surface area contributed by atoms with E-state index in [1.807, 2.05) is 0 Å². The first-order valence-electron chi connectivity index (χ1n) is 8.63. The van der Waals surface area contributed by atoms with Crippen molar-refractivity contribution in [2.24, 2.45) is 0 Å². The van der Waals surface area contributed by atoms with E-state index in [0.29, 0.717) is 16.0 Å². The van der Waals surface area contributed by atoms with E-state index in [9.17, 15) is 23.6 Å². The molecule has 3 rings (SSSR count). The molecule has 5 amide bonds. The first kappa shape index (κ1) is 19.2. The summed E-state index contributed by atoms with van der Waals surface area (Å²) in [6.07, 6.45) is 0. The molecule has 0 aromatic heterocycles. The number of hydrogen-bond donors (Lipinski definition) is 1. The van der Waals surface area contributed by atoms with E-state index in [4.69, 9.17) is 0 Å². The summed E-state index contributed by atoms with van der Waals surface area (Å²) in [6, 6.07) is 13.1. The molecule has 7 nitrogen and oxygen atoms in total. The predicted molar refractivity (Wildman–Crippen MR) is 97.1 cm³/mol. The molecule has 144 valence electrons. The van der Waals surface area contributed by atoms with Crippen LogP contribution >= 0.6 is 0 Å². The molecule has 0 aliphatic carbocycles. The molecule has 0 saturated carbocycles. The Morgan fingerprint density at radius 2 is 1.57 bits per heavy atom. The Bertz CT molecular complexity index is 915. The molecule has 2 aromatic carbocycles. The van der Waals surface area contributed by atoms with Crippen molar-refractivity contribution in [3.05, 3.63) is 71.5 Å². The molecule has 8 heteroatoms. The smallest absolute Gasteiger partial charge is 0.335 e. The van der Waals surface area contributed by atoms with Gasteiger partial charge in [0.15, 0.2) is 0 Å². The zero-order chi connectivity index (χ0) is 20.3. The fourth-order valence-corrected chi connectivity index (χ4v) is 2.86. The van der Waals surface area contributed by atoms with Crippen LogP contribution in [0.2, 0.25) is 0 Å². The number of carbonyl (C=O) groups excluding carboxylic acids is 4. The number of imide groups is 2. The molecule has 1 aliphatic heterocycles. The molecule has 1 aliphatic rings. The van der Waals surface area contributed by atoms with E-state index in [1.165, 1.54) is 24.3 Å². The average molecular weight is 383 g/mol. The number of carbonyl (C=O) groups is 4. The van der Waals surface area contributed by atoms with Crippen LogP contribution in [0.25, 0.3) is 0 Å². The average Bonchev–Trinajstić information content (AvgIpc) is 2.87. The van der Waals surface area contributed by atoms with E-state index in [-0.39, 0.29) is 6.54 Å². The van der Waals surface area contributed by atoms with Gasteiger partial charge in [-0.25, -0.2) is 14.1 Å². The van der Waals surface area contributed by atoms with Gasteiger partial charge in [0.25, 0.3) is 0 Å². The van der Waals surface area contributed by atoms with Crippen LogP contribution in [0.3, 0.4) is 0 Å². The Kier molecular flexibility index (Phi) is 5.49. The third kappa shape index (κ3) is 4.06. The molecular weight excluding hydrogens is 365 g/mol. The molecule has 0 spiro atoms. The van der Waals surface area contributed by atoms with Gasteiger partial charge >= 0.3 is 17.8 Å². The predicted octanol–water partition coefficient (Wildman–Crippen LogP) is 1.99. The summed E-state index contributed by atoms with van der Waals surface area (Å²) >= 11 is 0. The first-order valence-corrected chi connectivity index (χ1v) is 8.63. The summed E-state index contributed by atoms with van der Waals surface area (Å²) in [5, 5.41) is 2.63. The summed E-state index contributed by atoms with van der Waals surface area (Å²) in [6.45, 7) is 1.07. The molecule has 0 radical (unpaired) electrons. The highest BCUT2D eigenvalue weighted by Gasteiger charge is 2.45. The summed E-state index contributed by atoms with van der Waals surface area (Å²) in [7, 11) is 0. The van der Waals surface area contributed by atoms with Gasteiger partial charge in [-0.1, -0.05) is 42.5 Å². The third-order valence-electron chi connectivity index (χ3n) is 4.37. The normalized spacial score (nSPS) is 15.1. The van der Waals surface area contributed by atoms with Crippen LogP contribution in [0.15, 0.2) is 54.6 Å². The summed E-state index contributed by atoms with van der Waals surface area (Å²) in [4.78, 5) is 50.4. The van der Waals surface area contributed by atoms with Gasteiger partial charge in [0.2, 0.25) is 5.91 Å². The summed E-state index contributed by atoms with van der Waals surface area (Å²) in [5.74, 6) is -3.00. The van der Waals surface area contributed by atoms with Gasteiger partial charge in [-0.2, -0.15) is 0 Å². The minimum absolute atomic E-state index is 0.0473. The second-order valence-corrected chi connectivity index (χ2v) is 6.39. The molecule has 1 N–H and O–H groups in total. The highest BCUT2D eigenvalue weighted by atomic mass is 19.1. The number of rotatable bonds is 6. The maximum atomic E-state index is 13.0. The van der Waals surface area contributed by atoms with Crippen molar-refractivity contribution in [3.63, 3.8) is 0 Å². The topological polar surface area (TPSA) is 86.8 Å². The zero-order valence-electron chi connectivity index (χ0n) is 15.1. The number of urea groups is 1. The van der Waals surface area contributed by atoms with Crippen molar-refractivity contribution in [2.75, 3.05) is 6.54 Å². The minimum Gasteiger partial charge on any atom is -0.348 e. The van der Waals surface area contributed by atoms with E-state index in [2.05, 4.69) is 5.32 Å². The molecular formula is C20H18FN3O4. The van der Waals surface area contributed by atoms with Crippen LogP contribution < -0.4 is 5.32 Å². The first-order chi connectivity index (χ1) is 13.4. The minimum atomic E-state index is -1.04. The highest BCUT2D eigenvalue weighted by Crippen LogP contribution is 2.17. The van der Waals surface area contributed by atoms with Crippen molar-refractivity contribution < 1.29 is 23.6 Å². The fourth-order valence-electron chi connectivity index (χ4n) is 2.86. The lowest BCUT2D eigenvalue weighted by atomic mass is 10.1. The van der Waals surface area contributed by atoms with Gasteiger partial charge in [-0.3, -0.25) is 19.3 Å². The van der Waals surface area contributed by atoms with Gasteiger partial charge in [0.1, 0.15) is 12.4 Å². The van der Waals surface area contributed by atoms with E-state index in [0.717, 1.165) is 4.90 Å². The standard InChI is InChI=1S/C20H18FN3O4/c1-13(15-7-9-16(21)10-8-15)22-17(25)12-24-19(27)18(26)23(20(24)28)11-14-5-3-2-4-6-14/h2-10,13H,11-12H2,1H3,(H,22,25)/t13-/m1/s1. The van der Waals surface area contributed by atoms with Crippen molar-refractivity contribution in [2.45, 2.75) is 19.5 Å². The Morgan fingerprint density at radius 3 is 2.21 bits per heavy atom. The van der Waals surface area contributed by atoms with E-state index < -0.39 is 42.2 Å². The SMILES string of the molecule is C[C@@H](NC(=O)CN1C(=O)C(=O)N(Cc2ccccc2)C1=O)c1ccc(F)cc1. The van der Waals surface area contributed by atoms with Crippen molar-refractivity contribution in [3.8, 4) is 0 Å². The monoisotopic (exact) mass is 383 g/mol. The number of halogens is 1. The molecule has 0 bridgehead atoms. The van der Waals surface area contributed by atoms with Crippen LogP contribution in [0.1, 0.15) is 24.1 Å². The second kappa shape index (κ2) is 7.99. The molecule has 1 atom stereocenters. The maximum absolute atomic E-state index is 13.0. The van der Waals surface area contributed by atoms with Crippen LogP contribution in [-0.4, -0.2) is 40.1 Å². The largest absolute Gasteiger partial charge is 0.348 e. The zero-order valence-corrected chi connectivity index (χ0v) is 15.1.